The summed E-state index contributed by atoms with van der Waals surface area (Å²) in [6.07, 6.45) is 0. The van der Waals surface area contributed by atoms with Crippen LogP contribution in [0.1, 0.15) is 10.4 Å². The molecule has 110 valence electrons. The first-order valence-electron chi connectivity index (χ1n) is 7.49. The number of ether oxygens (including phenoxy) is 1. The summed E-state index contributed by atoms with van der Waals surface area (Å²) in [6.45, 7) is 0. The van der Waals surface area contributed by atoms with E-state index in [-0.39, 0.29) is 5.97 Å². The molecule has 0 aliphatic heterocycles. The summed E-state index contributed by atoms with van der Waals surface area (Å²) in [6, 6.07) is 27.2. The van der Waals surface area contributed by atoms with E-state index in [1.807, 2.05) is 78.9 Å². The summed E-state index contributed by atoms with van der Waals surface area (Å²) >= 11 is 0. The van der Waals surface area contributed by atoms with Crippen LogP contribution in [0.3, 0.4) is 0 Å². The predicted molar refractivity (Wildman–Crippen MR) is 92.9 cm³/mol. The average Bonchev–Trinajstić information content (AvgIpc) is 2.61. The molecule has 0 unspecified atom stereocenters. The fourth-order valence-corrected chi connectivity index (χ4v) is 2.71. The molecule has 0 aliphatic rings. The lowest BCUT2D eigenvalue weighted by Crippen LogP contribution is -2.08. The molecular formula is C21H14O2. The Morgan fingerprint density at radius 2 is 1.17 bits per heavy atom. The zero-order valence-electron chi connectivity index (χ0n) is 12.4. The highest BCUT2D eigenvalue weighted by Gasteiger charge is 2.09. The molecule has 2 nitrogen and oxygen atoms in total. The van der Waals surface area contributed by atoms with Gasteiger partial charge >= 0.3 is 5.97 Å². The van der Waals surface area contributed by atoms with Crippen molar-refractivity contribution in [3.63, 3.8) is 0 Å². The normalized spacial score (nSPS) is 10.8. The van der Waals surface area contributed by atoms with Gasteiger partial charge in [0.1, 0.15) is 5.75 Å². The number of esters is 1. The van der Waals surface area contributed by atoms with Crippen molar-refractivity contribution in [1.29, 1.82) is 0 Å². The van der Waals surface area contributed by atoms with Crippen molar-refractivity contribution in [2.24, 2.45) is 0 Å². The first-order chi connectivity index (χ1) is 11.3. The van der Waals surface area contributed by atoms with Gasteiger partial charge in [-0.05, 0) is 45.8 Å². The lowest BCUT2D eigenvalue weighted by Gasteiger charge is -2.07. The third-order valence-corrected chi connectivity index (χ3v) is 3.92. The Labute approximate surface area is 133 Å². The number of fused-ring (bicyclic) bond motifs is 2. The van der Waals surface area contributed by atoms with E-state index < -0.39 is 0 Å². The molecule has 0 bridgehead atoms. The van der Waals surface area contributed by atoms with E-state index in [1.165, 1.54) is 0 Å². The molecule has 4 aromatic carbocycles. The number of carbonyl (C=O) groups excluding carboxylic acids is 1. The van der Waals surface area contributed by atoms with Crippen molar-refractivity contribution in [3.05, 3.63) is 90.5 Å². The number of benzene rings is 4. The predicted octanol–water partition coefficient (Wildman–Crippen LogP) is 5.21. The average molecular weight is 298 g/mol. The van der Waals surface area contributed by atoms with Gasteiger partial charge in [0, 0.05) is 0 Å². The van der Waals surface area contributed by atoms with Gasteiger partial charge in [-0.15, -0.1) is 0 Å². The Bertz CT molecular complexity index is 1020. The maximum absolute atomic E-state index is 12.4. The number of hydrogen-bond acceptors (Lipinski definition) is 2. The van der Waals surface area contributed by atoms with Crippen LogP contribution >= 0.6 is 0 Å². The molecule has 0 aromatic heterocycles. The maximum Gasteiger partial charge on any atom is 0.343 e. The van der Waals surface area contributed by atoms with Gasteiger partial charge in [0.05, 0.1) is 5.56 Å². The molecule has 2 heteroatoms. The van der Waals surface area contributed by atoms with Crippen LogP contribution in [0.25, 0.3) is 21.5 Å². The molecule has 4 aromatic rings. The monoisotopic (exact) mass is 298 g/mol. The van der Waals surface area contributed by atoms with Crippen molar-refractivity contribution in [1.82, 2.24) is 0 Å². The van der Waals surface area contributed by atoms with Crippen LogP contribution in [0.15, 0.2) is 84.9 Å². The lowest BCUT2D eigenvalue weighted by atomic mass is 10.1. The Morgan fingerprint density at radius 3 is 1.87 bits per heavy atom. The van der Waals surface area contributed by atoms with Gasteiger partial charge in [-0.3, -0.25) is 0 Å². The van der Waals surface area contributed by atoms with Gasteiger partial charge in [-0.25, -0.2) is 4.79 Å². The maximum atomic E-state index is 12.4. The van der Waals surface area contributed by atoms with Crippen LogP contribution in [0.2, 0.25) is 0 Å². The second kappa shape index (κ2) is 5.58. The third kappa shape index (κ3) is 2.67. The molecule has 0 heterocycles. The van der Waals surface area contributed by atoms with Crippen LogP contribution in [0, 0.1) is 0 Å². The summed E-state index contributed by atoms with van der Waals surface area (Å²) in [4.78, 5) is 12.4. The molecule has 0 N–H and O–H groups in total. The van der Waals surface area contributed by atoms with Gasteiger partial charge < -0.3 is 4.74 Å². The molecule has 0 amide bonds. The minimum absolute atomic E-state index is 0.342. The van der Waals surface area contributed by atoms with E-state index in [4.69, 9.17) is 4.74 Å². The Morgan fingerprint density at radius 1 is 0.609 bits per heavy atom. The largest absolute Gasteiger partial charge is 0.423 e. The third-order valence-electron chi connectivity index (χ3n) is 3.92. The fraction of sp³-hybridized carbons (Fsp3) is 0. The second-order valence-electron chi connectivity index (χ2n) is 5.46. The van der Waals surface area contributed by atoms with Gasteiger partial charge in [0.25, 0.3) is 0 Å². The molecule has 4 rings (SSSR count). The van der Waals surface area contributed by atoms with Crippen LogP contribution in [0.5, 0.6) is 5.75 Å². The number of carbonyl (C=O) groups is 1. The van der Waals surface area contributed by atoms with Gasteiger partial charge in [0.15, 0.2) is 0 Å². The molecular weight excluding hydrogens is 284 g/mol. The summed E-state index contributed by atoms with van der Waals surface area (Å²) in [7, 11) is 0. The zero-order chi connectivity index (χ0) is 15.6. The van der Waals surface area contributed by atoms with E-state index in [0.717, 1.165) is 21.5 Å². The highest BCUT2D eigenvalue weighted by molar-refractivity contribution is 5.96. The number of rotatable bonds is 2. The molecule has 0 atom stereocenters. The van der Waals surface area contributed by atoms with E-state index in [2.05, 4.69) is 0 Å². The van der Waals surface area contributed by atoms with Crippen molar-refractivity contribution in [2.45, 2.75) is 0 Å². The molecule has 0 saturated carbocycles. The summed E-state index contributed by atoms with van der Waals surface area (Å²) < 4.78 is 5.52. The Kier molecular flexibility index (Phi) is 3.28. The first-order valence-corrected chi connectivity index (χ1v) is 7.49. The topological polar surface area (TPSA) is 26.3 Å². The molecule has 0 aliphatic carbocycles. The summed E-state index contributed by atoms with van der Waals surface area (Å²) in [5, 5.41) is 4.31. The van der Waals surface area contributed by atoms with Crippen LogP contribution in [0.4, 0.5) is 0 Å². The van der Waals surface area contributed by atoms with E-state index in [9.17, 15) is 4.79 Å². The van der Waals surface area contributed by atoms with Gasteiger partial charge in [0.2, 0.25) is 0 Å². The smallest absolute Gasteiger partial charge is 0.343 e. The van der Waals surface area contributed by atoms with Gasteiger partial charge in [-0.2, -0.15) is 0 Å². The van der Waals surface area contributed by atoms with E-state index >= 15 is 0 Å². The van der Waals surface area contributed by atoms with Crippen molar-refractivity contribution < 1.29 is 9.53 Å². The quantitative estimate of drug-likeness (QED) is 0.375. The molecule has 0 spiro atoms. The lowest BCUT2D eigenvalue weighted by molar-refractivity contribution is 0.0735. The van der Waals surface area contributed by atoms with Crippen molar-refractivity contribution in [2.75, 3.05) is 0 Å². The minimum atomic E-state index is -0.342. The molecule has 0 saturated heterocycles. The van der Waals surface area contributed by atoms with Crippen LogP contribution < -0.4 is 4.74 Å². The standard InChI is InChI=1S/C21H14O2/c22-21(19-10-9-15-5-1-3-7-17(15)13-19)23-20-12-11-16-6-2-4-8-18(16)14-20/h1-14H. The van der Waals surface area contributed by atoms with Gasteiger partial charge in [-0.1, -0.05) is 60.7 Å². The van der Waals surface area contributed by atoms with Crippen molar-refractivity contribution >= 4 is 27.5 Å². The highest BCUT2D eigenvalue weighted by Crippen LogP contribution is 2.22. The second-order valence-corrected chi connectivity index (χ2v) is 5.46. The SMILES string of the molecule is O=C(Oc1ccc2ccccc2c1)c1ccc2ccccc2c1. The first kappa shape index (κ1) is 13.5. The minimum Gasteiger partial charge on any atom is -0.423 e. The van der Waals surface area contributed by atoms with E-state index in [1.54, 1.807) is 6.07 Å². The van der Waals surface area contributed by atoms with Crippen molar-refractivity contribution in [3.8, 4) is 5.75 Å². The fourth-order valence-electron chi connectivity index (χ4n) is 2.71. The Hall–Kier alpha value is -3.13. The molecule has 0 radical (unpaired) electrons. The highest BCUT2D eigenvalue weighted by atomic mass is 16.5. The summed E-state index contributed by atoms with van der Waals surface area (Å²) in [5.74, 6) is 0.216. The van der Waals surface area contributed by atoms with Crippen LogP contribution in [-0.4, -0.2) is 5.97 Å². The number of hydrogen-bond donors (Lipinski definition) is 0. The van der Waals surface area contributed by atoms with E-state index in [0.29, 0.717) is 11.3 Å². The molecule has 23 heavy (non-hydrogen) atoms. The Balaban J connectivity index is 1.64. The summed E-state index contributed by atoms with van der Waals surface area (Å²) in [5.41, 5.74) is 0.553. The zero-order valence-corrected chi connectivity index (χ0v) is 12.4. The molecule has 0 fully saturated rings. The van der Waals surface area contributed by atoms with Crippen LogP contribution in [-0.2, 0) is 0 Å².